The van der Waals surface area contributed by atoms with Gasteiger partial charge in [-0.1, -0.05) is 0 Å². The molecule has 3 N–H and O–H groups in total. The molecule has 1 aromatic heterocycles. The predicted molar refractivity (Wildman–Crippen MR) is 75.0 cm³/mol. The zero-order chi connectivity index (χ0) is 10.8. The van der Waals surface area contributed by atoms with Gasteiger partial charge < -0.3 is 10.6 Å². The van der Waals surface area contributed by atoms with Crippen LogP contribution in [0.25, 0.3) is 0 Å². The summed E-state index contributed by atoms with van der Waals surface area (Å²) < 4.78 is 0. The highest BCUT2D eigenvalue weighted by atomic mass is 35.5. The second-order valence-electron chi connectivity index (χ2n) is 4.40. The van der Waals surface area contributed by atoms with Gasteiger partial charge in [-0.2, -0.15) is 5.10 Å². The van der Waals surface area contributed by atoms with Crippen molar-refractivity contribution >= 4 is 30.6 Å². The molecule has 7 heteroatoms. The largest absolute Gasteiger partial charge is 0.382 e. The lowest BCUT2D eigenvalue weighted by Crippen LogP contribution is -2.35. The molecular weight excluding hydrogens is 261 g/mol. The normalized spacial score (nSPS) is 15.0. The van der Waals surface area contributed by atoms with E-state index >= 15 is 0 Å². The molecule has 5 nitrogen and oxygen atoms in total. The first-order valence-electron chi connectivity index (χ1n) is 5.35. The van der Waals surface area contributed by atoms with Gasteiger partial charge in [0.1, 0.15) is 5.82 Å². The molecule has 0 radical (unpaired) electrons. The number of rotatable bonds is 3. The van der Waals surface area contributed by atoms with Crippen molar-refractivity contribution in [3.05, 3.63) is 11.3 Å². The molecule has 0 amide bonds. The quantitative estimate of drug-likeness (QED) is 0.859. The van der Waals surface area contributed by atoms with Crippen LogP contribution in [0, 0.1) is 0 Å². The van der Waals surface area contributed by atoms with Gasteiger partial charge in [0.25, 0.3) is 0 Å². The summed E-state index contributed by atoms with van der Waals surface area (Å²) in [5.41, 5.74) is 8.21. The van der Waals surface area contributed by atoms with E-state index in [1.807, 2.05) is 0 Å². The summed E-state index contributed by atoms with van der Waals surface area (Å²) >= 11 is 0. The average molecular weight is 282 g/mol. The van der Waals surface area contributed by atoms with Crippen molar-refractivity contribution in [2.24, 2.45) is 0 Å². The second-order valence-corrected chi connectivity index (χ2v) is 4.40. The Labute approximate surface area is 115 Å². The molecule has 0 saturated heterocycles. The Bertz CT molecular complexity index is 339. The molecule has 1 aliphatic rings. The third-order valence-electron chi connectivity index (χ3n) is 2.91. The number of halogens is 2. The Balaban J connectivity index is 0.00000128. The van der Waals surface area contributed by atoms with Crippen molar-refractivity contribution < 1.29 is 0 Å². The van der Waals surface area contributed by atoms with Gasteiger partial charge in [-0.25, -0.2) is 0 Å². The molecule has 100 valence electrons. The van der Waals surface area contributed by atoms with Crippen LogP contribution in [0.1, 0.15) is 11.3 Å². The van der Waals surface area contributed by atoms with Crippen molar-refractivity contribution in [3.63, 3.8) is 0 Å². The van der Waals surface area contributed by atoms with Gasteiger partial charge >= 0.3 is 0 Å². The first kappa shape index (κ1) is 16.5. The Morgan fingerprint density at radius 1 is 1.41 bits per heavy atom. The maximum atomic E-state index is 5.80. The van der Waals surface area contributed by atoms with E-state index < -0.39 is 0 Å². The maximum Gasteiger partial charge on any atom is 0.149 e. The number of aromatic amines is 1. The lowest BCUT2D eigenvalue weighted by molar-refractivity contribution is 0.225. The molecule has 0 spiro atoms. The summed E-state index contributed by atoms with van der Waals surface area (Å²) in [4.78, 5) is 4.63. The Morgan fingerprint density at radius 2 is 2.12 bits per heavy atom. The van der Waals surface area contributed by atoms with Gasteiger partial charge in [-0.15, -0.1) is 24.8 Å². The van der Waals surface area contributed by atoms with Crippen LogP contribution in [0.3, 0.4) is 0 Å². The number of H-pyrrole nitrogens is 1. The molecule has 1 aliphatic heterocycles. The number of fused-ring (bicyclic) bond motifs is 1. The smallest absolute Gasteiger partial charge is 0.149 e. The van der Waals surface area contributed by atoms with Crippen molar-refractivity contribution in [3.8, 4) is 0 Å². The highest BCUT2D eigenvalue weighted by Crippen LogP contribution is 2.21. The molecule has 17 heavy (non-hydrogen) atoms. The lowest BCUT2D eigenvalue weighted by atomic mass is 10.1. The van der Waals surface area contributed by atoms with E-state index in [1.54, 1.807) is 0 Å². The standard InChI is InChI=1S/C10H19N5.2ClH/c1-14(2)5-6-15-4-3-9-8(7-15)10(11)13-12-9;;/h3-7H2,1-2H3,(H3,11,12,13);2*1H. The minimum absolute atomic E-state index is 0. The molecule has 1 aromatic rings. The third kappa shape index (κ3) is 4.03. The van der Waals surface area contributed by atoms with Crippen molar-refractivity contribution in [2.45, 2.75) is 13.0 Å². The van der Waals surface area contributed by atoms with Crippen LogP contribution >= 0.6 is 24.8 Å². The summed E-state index contributed by atoms with van der Waals surface area (Å²) in [5, 5.41) is 7.04. The number of hydrogen-bond acceptors (Lipinski definition) is 4. The van der Waals surface area contributed by atoms with E-state index in [2.05, 4.69) is 34.1 Å². The van der Waals surface area contributed by atoms with Crippen LogP contribution in [-0.4, -0.2) is 53.7 Å². The van der Waals surface area contributed by atoms with Gasteiger partial charge in [0.05, 0.1) is 0 Å². The number of hydrogen-bond donors (Lipinski definition) is 2. The van der Waals surface area contributed by atoms with E-state index in [0.717, 1.165) is 32.6 Å². The van der Waals surface area contributed by atoms with E-state index in [-0.39, 0.29) is 24.8 Å². The molecule has 0 aromatic carbocycles. The van der Waals surface area contributed by atoms with Gasteiger partial charge in [0.15, 0.2) is 0 Å². The van der Waals surface area contributed by atoms with Crippen LogP contribution in [0.4, 0.5) is 5.82 Å². The van der Waals surface area contributed by atoms with Crippen LogP contribution in [0.15, 0.2) is 0 Å². The highest BCUT2D eigenvalue weighted by Gasteiger charge is 2.20. The van der Waals surface area contributed by atoms with E-state index in [4.69, 9.17) is 5.73 Å². The summed E-state index contributed by atoms with van der Waals surface area (Å²) in [5.74, 6) is 0.666. The second kappa shape index (κ2) is 7.06. The number of nitrogens with zero attached hydrogens (tertiary/aromatic N) is 3. The van der Waals surface area contributed by atoms with Crippen molar-refractivity contribution in [1.29, 1.82) is 0 Å². The fourth-order valence-corrected chi connectivity index (χ4v) is 1.91. The molecule has 0 bridgehead atoms. The number of nitrogen functional groups attached to an aromatic ring is 1. The Kier molecular flexibility index (Phi) is 6.85. The van der Waals surface area contributed by atoms with Gasteiger partial charge in [-0.05, 0) is 14.1 Å². The van der Waals surface area contributed by atoms with E-state index in [0.29, 0.717) is 5.82 Å². The van der Waals surface area contributed by atoms with E-state index in [9.17, 15) is 0 Å². The molecule has 2 rings (SSSR count). The van der Waals surface area contributed by atoms with Gasteiger partial charge in [-0.3, -0.25) is 10.00 Å². The summed E-state index contributed by atoms with van der Waals surface area (Å²) in [7, 11) is 4.20. The predicted octanol–water partition coefficient (Wildman–Crippen LogP) is 0.755. The fraction of sp³-hybridized carbons (Fsp3) is 0.700. The van der Waals surface area contributed by atoms with Crippen LogP contribution in [-0.2, 0) is 13.0 Å². The molecule has 0 saturated carbocycles. The molecule has 0 atom stereocenters. The summed E-state index contributed by atoms with van der Waals surface area (Å²) in [6, 6.07) is 0. The molecule has 0 fully saturated rings. The van der Waals surface area contributed by atoms with Gasteiger partial charge in [0, 0.05) is 43.9 Å². The van der Waals surface area contributed by atoms with Crippen LogP contribution in [0.2, 0.25) is 0 Å². The van der Waals surface area contributed by atoms with Crippen molar-refractivity contribution in [1.82, 2.24) is 20.0 Å². The summed E-state index contributed by atoms with van der Waals surface area (Å²) in [6.45, 7) is 4.22. The average Bonchev–Trinajstić information content (AvgIpc) is 2.57. The Morgan fingerprint density at radius 3 is 2.76 bits per heavy atom. The zero-order valence-electron chi connectivity index (χ0n) is 10.3. The number of anilines is 1. The zero-order valence-corrected chi connectivity index (χ0v) is 11.9. The SMILES string of the molecule is CN(C)CCN1CCc2[nH]nc(N)c2C1.Cl.Cl. The summed E-state index contributed by atoms with van der Waals surface area (Å²) in [6.07, 6.45) is 1.03. The molecular formula is C10H21Cl2N5. The number of likely N-dealkylation sites (N-methyl/N-ethyl adjacent to an activating group) is 1. The fourth-order valence-electron chi connectivity index (χ4n) is 1.91. The highest BCUT2D eigenvalue weighted by molar-refractivity contribution is 5.85. The number of nitrogens with two attached hydrogens (primary N) is 1. The monoisotopic (exact) mass is 281 g/mol. The lowest BCUT2D eigenvalue weighted by Gasteiger charge is -2.27. The van der Waals surface area contributed by atoms with Crippen LogP contribution < -0.4 is 5.73 Å². The first-order chi connectivity index (χ1) is 7.16. The molecule has 2 heterocycles. The third-order valence-corrected chi connectivity index (χ3v) is 2.91. The Hall–Kier alpha value is -0.490. The molecule has 0 aliphatic carbocycles. The topological polar surface area (TPSA) is 61.2 Å². The van der Waals surface area contributed by atoms with Gasteiger partial charge in [0.2, 0.25) is 0 Å². The molecule has 0 unspecified atom stereocenters. The van der Waals surface area contributed by atoms with E-state index in [1.165, 1.54) is 11.3 Å². The minimum atomic E-state index is 0. The number of nitrogens with one attached hydrogen (secondary N) is 1. The number of aromatic nitrogens is 2. The maximum absolute atomic E-state index is 5.80. The van der Waals surface area contributed by atoms with Crippen molar-refractivity contribution in [2.75, 3.05) is 39.5 Å². The minimum Gasteiger partial charge on any atom is -0.382 e. The first-order valence-corrected chi connectivity index (χ1v) is 5.35. The van der Waals surface area contributed by atoms with Crippen LogP contribution in [0.5, 0.6) is 0 Å².